The topological polar surface area (TPSA) is 61.5 Å². The van der Waals surface area contributed by atoms with Crippen molar-refractivity contribution in [3.63, 3.8) is 0 Å². The second kappa shape index (κ2) is 7.72. The second-order valence-corrected chi connectivity index (χ2v) is 7.39. The average molecular weight is 368 g/mol. The minimum Gasteiger partial charge on any atom is -0.497 e. The van der Waals surface area contributed by atoms with Gasteiger partial charge in [0.1, 0.15) is 11.6 Å². The molecule has 1 saturated heterocycles. The van der Waals surface area contributed by atoms with Crippen LogP contribution in [0.1, 0.15) is 37.6 Å². The summed E-state index contributed by atoms with van der Waals surface area (Å²) in [5.41, 5.74) is 3.14. The van der Waals surface area contributed by atoms with Crippen LogP contribution >= 0.6 is 0 Å². The highest BCUT2D eigenvalue weighted by Gasteiger charge is 2.33. The van der Waals surface area contributed by atoms with Crippen molar-refractivity contribution in [3.05, 3.63) is 35.7 Å². The summed E-state index contributed by atoms with van der Waals surface area (Å²) in [6, 6.07) is 7.95. The van der Waals surface area contributed by atoms with Crippen molar-refractivity contribution in [1.29, 1.82) is 0 Å². The largest absolute Gasteiger partial charge is 0.497 e. The molecule has 0 radical (unpaired) electrons. The van der Waals surface area contributed by atoms with Gasteiger partial charge < -0.3 is 14.6 Å². The number of methoxy groups -OCH3 is 1. The first-order valence-electron chi connectivity index (χ1n) is 9.94. The summed E-state index contributed by atoms with van der Waals surface area (Å²) in [6.07, 6.45) is 4.14. The van der Waals surface area contributed by atoms with Crippen molar-refractivity contribution in [1.82, 2.24) is 19.8 Å². The molecule has 0 aliphatic carbocycles. The maximum absolute atomic E-state index is 13.1. The fraction of sp³-hybridized carbons (Fsp3) is 0.524. The molecule has 27 heavy (non-hydrogen) atoms. The van der Waals surface area contributed by atoms with Gasteiger partial charge in [0.05, 0.1) is 31.1 Å². The third-order valence-electron chi connectivity index (χ3n) is 5.79. The number of hydrogen-bond donors (Lipinski definition) is 1. The van der Waals surface area contributed by atoms with E-state index in [1.54, 1.807) is 7.11 Å². The molecule has 2 aromatic rings. The van der Waals surface area contributed by atoms with Crippen molar-refractivity contribution in [2.24, 2.45) is 0 Å². The van der Waals surface area contributed by atoms with Gasteiger partial charge in [0.25, 0.3) is 0 Å². The molecule has 1 fully saturated rings. The monoisotopic (exact) mass is 368 g/mol. The van der Waals surface area contributed by atoms with Crippen LogP contribution in [0.5, 0.6) is 5.75 Å². The van der Waals surface area contributed by atoms with Crippen LogP contribution in [0.4, 0.5) is 0 Å². The number of amides is 1. The number of piperidine rings is 1. The smallest absolute Gasteiger partial charge is 0.240 e. The predicted octanol–water partition coefficient (Wildman–Crippen LogP) is 2.84. The molecule has 1 N–H and O–H groups in total. The maximum atomic E-state index is 13.1. The molecule has 3 heterocycles. The number of nitrogens with zero attached hydrogens (tertiary/aromatic N) is 3. The van der Waals surface area contributed by atoms with E-state index in [9.17, 15) is 4.79 Å². The molecule has 6 heteroatoms. The van der Waals surface area contributed by atoms with Gasteiger partial charge in [0.2, 0.25) is 5.91 Å². The van der Waals surface area contributed by atoms with E-state index in [1.807, 2.05) is 29.2 Å². The van der Waals surface area contributed by atoms with Crippen LogP contribution in [0.2, 0.25) is 0 Å². The lowest BCUT2D eigenvalue weighted by atomic mass is 10.00. The number of nitrogens with one attached hydrogen (secondary N) is 1. The van der Waals surface area contributed by atoms with Crippen molar-refractivity contribution in [3.8, 4) is 17.1 Å². The van der Waals surface area contributed by atoms with Gasteiger partial charge >= 0.3 is 0 Å². The van der Waals surface area contributed by atoms with Gasteiger partial charge in [-0.1, -0.05) is 25.5 Å². The van der Waals surface area contributed by atoms with Gasteiger partial charge in [-0.05, 0) is 38.1 Å². The number of aromatic nitrogens is 2. The Morgan fingerprint density at radius 1 is 1.33 bits per heavy atom. The molecule has 0 saturated carbocycles. The van der Waals surface area contributed by atoms with Crippen LogP contribution in [-0.2, 0) is 17.8 Å². The van der Waals surface area contributed by atoms with E-state index >= 15 is 0 Å². The summed E-state index contributed by atoms with van der Waals surface area (Å²) in [6.45, 7) is 5.51. The summed E-state index contributed by atoms with van der Waals surface area (Å²) in [7, 11) is 1.67. The normalized spacial score (nSPS) is 20.4. The number of likely N-dealkylation sites (N-methyl/N-ethyl adjacent to an activating group) is 1. The maximum Gasteiger partial charge on any atom is 0.240 e. The van der Waals surface area contributed by atoms with Gasteiger partial charge in [-0.3, -0.25) is 9.69 Å². The highest BCUT2D eigenvalue weighted by Crippen LogP contribution is 2.27. The van der Waals surface area contributed by atoms with Crippen LogP contribution in [-0.4, -0.2) is 58.5 Å². The third-order valence-corrected chi connectivity index (χ3v) is 5.79. The first-order valence-corrected chi connectivity index (χ1v) is 9.94. The summed E-state index contributed by atoms with van der Waals surface area (Å²) in [5, 5.41) is 0. The molecule has 4 rings (SSSR count). The summed E-state index contributed by atoms with van der Waals surface area (Å²) >= 11 is 0. The van der Waals surface area contributed by atoms with E-state index in [1.165, 1.54) is 6.42 Å². The van der Waals surface area contributed by atoms with Crippen LogP contribution in [0, 0.1) is 0 Å². The lowest BCUT2D eigenvalue weighted by Gasteiger charge is -2.38. The number of benzene rings is 1. The van der Waals surface area contributed by atoms with Crippen molar-refractivity contribution in [2.75, 3.05) is 26.7 Å². The summed E-state index contributed by atoms with van der Waals surface area (Å²) in [4.78, 5) is 25.7. The molecule has 6 nitrogen and oxygen atoms in total. The van der Waals surface area contributed by atoms with Gasteiger partial charge in [-0.25, -0.2) is 4.98 Å². The SMILES string of the molecule is CCN1CCCC[C@@H]1C(=O)N1CCc2nc(-c3cccc(OC)c3)[nH]c2C1. The quantitative estimate of drug-likeness (QED) is 0.901. The first kappa shape index (κ1) is 18.0. The Balaban J connectivity index is 1.51. The van der Waals surface area contributed by atoms with E-state index in [4.69, 9.17) is 9.72 Å². The number of imidazole rings is 1. The molecule has 144 valence electrons. The molecule has 0 bridgehead atoms. The minimum absolute atomic E-state index is 0.0473. The van der Waals surface area contributed by atoms with Gasteiger partial charge in [0.15, 0.2) is 0 Å². The zero-order valence-electron chi connectivity index (χ0n) is 16.2. The van der Waals surface area contributed by atoms with Gasteiger partial charge in [0, 0.05) is 18.5 Å². The lowest BCUT2D eigenvalue weighted by molar-refractivity contribution is -0.139. The zero-order chi connectivity index (χ0) is 18.8. The summed E-state index contributed by atoms with van der Waals surface area (Å²) < 4.78 is 5.32. The summed E-state index contributed by atoms with van der Waals surface area (Å²) in [5.74, 6) is 1.94. The number of carbonyl (C=O) groups is 1. The molecular formula is C21H28N4O2. The highest BCUT2D eigenvalue weighted by atomic mass is 16.5. The highest BCUT2D eigenvalue weighted by molar-refractivity contribution is 5.82. The van der Waals surface area contributed by atoms with Crippen molar-refractivity contribution < 1.29 is 9.53 Å². The fourth-order valence-electron chi connectivity index (χ4n) is 4.25. The predicted molar refractivity (Wildman–Crippen MR) is 105 cm³/mol. The number of rotatable bonds is 4. The Kier molecular flexibility index (Phi) is 5.16. The van der Waals surface area contributed by atoms with E-state index < -0.39 is 0 Å². The van der Waals surface area contributed by atoms with E-state index in [2.05, 4.69) is 16.8 Å². The lowest BCUT2D eigenvalue weighted by Crippen LogP contribution is -2.51. The Morgan fingerprint density at radius 3 is 3.04 bits per heavy atom. The fourth-order valence-corrected chi connectivity index (χ4v) is 4.25. The molecule has 1 atom stereocenters. The number of H-pyrrole nitrogens is 1. The second-order valence-electron chi connectivity index (χ2n) is 7.39. The van der Waals surface area contributed by atoms with Gasteiger partial charge in [-0.15, -0.1) is 0 Å². The number of carbonyl (C=O) groups excluding carboxylic acids is 1. The van der Waals surface area contributed by atoms with Crippen molar-refractivity contribution >= 4 is 5.91 Å². The van der Waals surface area contributed by atoms with Crippen LogP contribution in [0.15, 0.2) is 24.3 Å². The standard InChI is InChI=1S/C21H28N4O2/c1-3-24-11-5-4-9-19(24)21(26)25-12-10-17-18(14-25)23-20(22-17)15-7-6-8-16(13-15)27-2/h6-8,13,19H,3-5,9-12,14H2,1-2H3,(H,22,23)/t19-/m1/s1. The number of fused-ring (bicyclic) bond motifs is 1. The molecular weight excluding hydrogens is 340 g/mol. The Morgan fingerprint density at radius 2 is 2.22 bits per heavy atom. The Hall–Kier alpha value is -2.34. The van der Waals surface area contributed by atoms with Crippen molar-refractivity contribution in [2.45, 2.75) is 45.2 Å². The molecule has 1 aromatic heterocycles. The van der Waals surface area contributed by atoms with E-state index in [0.717, 1.165) is 67.4 Å². The van der Waals surface area contributed by atoms with Crippen LogP contribution in [0.25, 0.3) is 11.4 Å². The van der Waals surface area contributed by atoms with Crippen LogP contribution in [0.3, 0.4) is 0 Å². The average Bonchev–Trinajstić information content (AvgIpc) is 3.16. The number of ether oxygens (including phenoxy) is 1. The van der Waals surface area contributed by atoms with E-state index in [0.29, 0.717) is 6.54 Å². The molecule has 0 spiro atoms. The third kappa shape index (κ3) is 3.58. The molecule has 0 unspecified atom stereocenters. The molecule has 1 aromatic carbocycles. The number of likely N-dealkylation sites (tertiary alicyclic amines) is 1. The zero-order valence-corrected chi connectivity index (χ0v) is 16.2. The number of hydrogen-bond acceptors (Lipinski definition) is 4. The Labute approximate surface area is 160 Å². The van der Waals surface area contributed by atoms with Crippen LogP contribution < -0.4 is 4.74 Å². The molecule has 2 aliphatic heterocycles. The molecule has 2 aliphatic rings. The minimum atomic E-state index is 0.0473. The molecule has 1 amide bonds. The number of aromatic amines is 1. The van der Waals surface area contributed by atoms with E-state index in [-0.39, 0.29) is 11.9 Å². The van der Waals surface area contributed by atoms with Gasteiger partial charge in [-0.2, -0.15) is 0 Å². The first-order chi connectivity index (χ1) is 13.2. The Bertz CT molecular complexity index is 816.